The summed E-state index contributed by atoms with van der Waals surface area (Å²) in [5, 5.41) is 0. The monoisotopic (exact) mass is 389 g/mol. The van der Waals surface area contributed by atoms with Crippen LogP contribution in [0, 0.1) is 0 Å². The third-order valence-corrected chi connectivity index (χ3v) is 4.87. The molecule has 2 aromatic carbocycles. The van der Waals surface area contributed by atoms with E-state index in [9.17, 15) is 4.79 Å². The maximum Gasteiger partial charge on any atom is 0.317 e. The Bertz CT molecular complexity index is 620. The van der Waals surface area contributed by atoms with Crippen LogP contribution in [0.1, 0.15) is 29.9 Å². The number of unbranched alkanes of at least 4 members (excludes halogenated alkanes) is 1. The minimum Gasteiger partial charge on any atom is -1.00 e. The van der Waals surface area contributed by atoms with Gasteiger partial charge in [0.05, 0.1) is 26.4 Å². The van der Waals surface area contributed by atoms with Gasteiger partial charge in [-0.15, -0.1) is 0 Å². The Morgan fingerprint density at radius 1 is 0.926 bits per heavy atom. The molecule has 0 spiro atoms. The molecule has 1 saturated heterocycles. The lowest BCUT2D eigenvalue weighted by Gasteiger charge is -2.23. The molecule has 0 unspecified atom stereocenters. The number of morpholine rings is 1. The first-order valence-electron chi connectivity index (χ1n) is 9.52. The van der Waals surface area contributed by atoms with E-state index in [1.807, 2.05) is 60.7 Å². The highest BCUT2D eigenvalue weighted by atomic mass is 35.5. The number of hydrogen-bond acceptors (Lipinski definition) is 3. The topological polar surface area (TPSA) is 40.0 Å². The Kier molecular flexibility index (Phi) is 9.32. The third-order valence-electron chi connectivity index (χ3n) is 4.87. The van der Waals surface area contributed by atoms with Gasteiger partial charge in [0, 0.05) is 0 Å². The number of carbonyl (C=O) groups is 1. The van der Waals surface area contributed by atoms with Gasteiger partial charge in [-0.25, -0.2) is 0 Å². The molecule has 0 atom stereocenters. The summed E-state index contributed by atoms with van der Waals surface area (Å²) in [5.74, 6) is -0.525. The molecule has 0 aliphatic carbocycles. The van der Waals surface area contributed by atoms with Crippen LogP contribution in [-0.4, -0.2) is 45.4 Å². The van der Waals surface area contributed by atoms with Crippen molar-refractivity contribution < 1.29 is 31.6 Å². The van der Waals surface area contributed by atoms with Crippen molar-refractivity contribution in [3.63, 3.8) is 0 Å². The molecule has 0 radical (unpaired) electrons. The smallest absolute Gasteiger partial charge is 0.317 e. The first-order valence-corrected chi connectivity index (χ1v) is 9.52. The van der Waals surface area contributed by atoms with E-state index in [4.69, 9.17) is 9.47 Å². The summed E-state index contributed by atoms with van der Waals surface area (Å²) >= 11 is 0. The van der Waals surface area contributed by atoms with Gasteiger partial charge in [0.25, 0.3) is 0 Å². The number of carbonyl (C=O) groups excluding carboxylic acids is 1. The summed E-state index contributed by atoms with van der Waals surface area (Å²) in [5.41, 5.74) is 1.95. The molecule has 27 heavy (non-hydrogen) atoms. The Labute approximate surface area is 167 Å². The van der Waals surface area contributed by atoms with E-state index in [-0.39, 0.29) is 24.3 Å². The quantitative estimate of drug-likeness (QED) is 0.468. The lowest BCUT2D eigenvalue weighted by atomic mass is 9.91. The number of nitrogens with one attached hydrogen (secondary N) is 1. The Hall–Kier alpha value is -1.88. The van der Waals surface area contributed by atoms with Gasteiger partial charge in [0.2, 0.25) is 0 Å². The van der Waals surface area contributed by atoms with Gasteiger partial charge in [-0.05, 0) is 24.0 Å². The van der Waals surface area contributed by atoms with E-state index < -0.39 is 0 Å². The Balaban J connectivity index is 0.00000261. The van der Waals surface area contributed by atoms with Crippen LogP contribution in [-0.2, 0) is 14.3 Å². The number of halogens is 1. The van der Waals surface area contributed by atoms with Gasteiger partial charge in [0.15, 0.2) is 0 Å². The fourth-order valence-electron chi connectivity index (χ4n) is 3.40. The van der Waals surface area contributed by atoms with Crippen LogP contribution >= 0.6 is 0 Å². The molecule has 1 N–H and O–H groups in total. The third kappa shape index (κ3) is 6.65. The summed E-state index contributed by atoms with van der Waals surface area (Å²) in [6.07, 6.45) is 1.98. The predicted octanol–water partition coefficient (Wildman–Crippen LogP) is -0.939. The Morgan fingerprint density at radius 2 is 1.48 bits per heavy atom. The van der Waals surface area contributed by atoms with Crippen LogP contribution in [0.5, 0.6) is 0 Å². The summed E-state index contributed by atoms with van der Waals surface area (Å²) in [4.78, 5) is 14.4. The van der Waals surface area contributed by atoms with Gasteiger partial charge in [-0.1, -0.05) is 60.7 Å². The lowest BCUT2D eigenvalue weighted by Crippen LogP contribution is -3.14. The van der Waals surface area contributed by atoms with Crippen molar-refractivity contribution in [3.8, 4) is 0 Å². The van der Waals surface area contributed by atoms with Crippen molar-refractivity contribution in [2.24, 2.45) is 0 Å². The number of rotatable bonds is 8. The highest BCUT2D eigenvalue weighted by Crippen LogP contribution is 2.25. The van der Waals surface area contributed by atoms with Crippen LogP contribution in [0.15, 0.2) is 60.7 Å². The second-order valence-electron chi connectivity index (χ2n) is 6.74. The number of hydrogen-bond donors (Lipinski definition) is 1. The predicted molar refractivity (Wildman–Crippen MR) is 101 cm³/mol. The largest absolute Gasteiger partial charge is 1.00 e. The second-order valence-corrected chi connectivity index (χ2v) is 6.74. The van der Waals surface area contributed by atoms with Crippen LogP contribution in [0.25, 0.3) is 0 Å². The van der Waals surface area contributed by atoms with E-state index in [0.717, 1.165) is 56.8 Å². The first kappa shape index (κ1) is 21.4. The van der Waals surface area contributed by atoms with Gasteiger partial charge >= 0.3 is 5.97 Å². The first-order chi connectivity index (χ1) is 12.8. The lowest BCUT2D eigenvalue weighted by molar-refractivity contribution is -0.908. The SMILES string of the molecule is O=C(OCCCC[NH+]1CCOCC1)C(c1ccccc1)c1ccccc1.[Cl-]. The Morgan fingerprint density at radius 3 is 2.04 bits per heavy atom. The fourth-order valence-corrected chi connectivity index (χ4v) is 3.40. The molecule has 0 bridgehead atoms. The van der Waals surface area contributed by atoms with Gasteiger partial charge < -0.3 is 26.8 Å². The van der Waals surface area contributed by atoms with Gasteiger partial charge in [-0.3, -0.25) is 4.79 Å². The van der Waals surface area contributed by atoms with Crippen molar-refractivity contribution in [2.45, 2.75) is 18.8 Å². The van der Waals surface area contributed by atoms with Crippen molar-refractivity contribution >= 4 is 5.97 Å². The maximum atomic E-state index is 12.8. The zero-order chi connectivity index (χ0) is 18.0. The molecule has 1 fully saturated rings. The minimum atomic E-state index is -0.359. The molecule has 1 heterocycles. The molecule has 1 aliphatic heterocycles. The normalized spacial score (nSPS) is 14.6. The molecule has 0 aromatic heterocycles. The fraction of sp³-hybridized carbons (Fsp3) is 0.409. The van der Waals surface area contributed by atoms with Gasteiger partial charge in [-0.2, -0.15) is 0 Å². The minimum absolute atomic E-state index is 0. The van der Waals surface area contributed by atoms with Crippen LogP contribution in [0.3, 0.4) is 0 Å². The number of ether oxygens (including phenoxy) is 2. The molecule has 5 heteroatoms. The molecule has 0 amide bonds. The summed E-state index contributed by atoms with van der Waals surface area (Å²) < 4.78 is 11.0. The van der Waals surface area contributed by atoms with E-state index in [2.05, 4.69) is 0 Å². The highest BCUT2D eigenvalue weighted by Gasteiger charge is 2.24. The van der Waals surface area contributed by atoms with E-state index in [1.165, 1.54) is 0 Å². The van der Waals surface area contributed by atoms with Crippen LogP contribution in [0.4, 0.5) is 0 Å². The van der Waals surface area contributed by atoms with E-state index >= 15 is 0 Å². The molecule has 4 nitrogen and oxygen atoms in total. The van der Waals surface area contributed by atoms with Crippen LogP contribution in [0.2, 0.25) is 0 Å². The van der Waals surface area contributed by atoms with E-state index in [0.29, 0.717) is 6.61 Å². The zero-order valence-electron chi connectivity index (χ0n) is 15.6. The van der Waals surface area contributed by atoms with Crippen molar-refractivity contribution in [1.82, 2.24) is 0 Å². The molecule has 3 rings (SSSR count). The van der Waals surface area contributed by atoms with Crippen molar-refractivity contribution in [2.75, 3.05) is 39.5 Å². The van der Waals surface area contributed by atoms with Gasteiger partial charge in [0.1, 0.15) is 19.0 Å². The molecule has 0 saturated carbocycles. The molecular formula is C22H28ClNO3. The zero-order valence-corrected chi connectivity index (χ0v) is 16.4. The summed E-state index contributed by atoms with van der Waals surface area (Å²) in [6.45, 7) is 5.51. The molecular weight excluding hydrogens is 362 g/mol. The van der Waals surface area contributed by atoms with Crippen molar-refractivity contribution in [3.05, 3.63) is 71.8 Å². The number of quaternary nitrogens is 1. The molecule has 146 valence electrons. The van der Waals surface area contributed by atoms with Crippen molar-refractivity contribution in [1.29, 1.82) is 0 Å². The summed E-state index contributed by atoms with van der Waals surface area (Å²) in [6, 6.07) is 19.7. The summed E-state index contributed by atoms with van der Waals surface area (Å²) in [7, 11) is 0. The molecule has 2 aromatic rings. The average molecular weight is 390 g/mol. The molecule has 1 aliphatic rings. The van der Waals surface area contributed by atoms with E-state index in [1.54, 1.807) is 4.90 Å². The van der Waals surface area contributed by atoms with Crippen LogP contribution < -0.4 is 17.3 Å². The number of esters is 1. The highest BCUT2D eigenvalue weighted by molar-refractivity contribution is 5.82. The maximum absolute atomic E-state index is 12.8. The second kappa shape index (κ2) is 11.8. The standard InChI is InChI=1S/C22H27NO3.ClH/c24-22(26-16-8-7-13-23-14-17-25-18-15-23)21(19-9-3-1-4-10-19)20-11-5-2-6-12-20;/h1-6,9-12,21H,7-8,13-18H2;1H. The number of benzene rings is 2. The average Bonchev–Trinajstić information content (AvgIpc) is 2.70.